The third kappa shape index (κ3) is 4.51. The van der Waals surface area contributed by atoms with Crippen molar-refractivity contribution in [3.05, 3.63) is 75.8 Å². The summed E-state index contributed by atoms with van der Waals surface area (Å²) in [6.07, 6.45) is 3.98. The number of halogens is 1. The number of nitrogens with one attached hydrogen (secondary N) is 1. The van der Waals surface area contributed by atoms with E-state index in [0.717, 1.165) is 19.3 Å². The van der Waals surface area contributed by atoms with Crippen LogP contribution in [-0.4, -0.2) is 21.8 Å². The molecule has 0 saturated heterocycles. The number of hydrogen-bond donors (Lipinski definition) is 2. The van der Waals surface area contributed by atoms with Gasteiger partial charge in [-0.15, -0.1) is 0 Å². The van der Waals surface area contributed by atoms with Crippen molar-refractivity contribution in [3.63, 3.8) is 0 Å². The van der Waals surface area contributed by atoms with E-state index in [1.54, 1.807) is 30.3 Å². The zero-order valence-electron chi connectivity index (χ0n) is 16.1. The molecule has 3 aromatic rings. The molecule has 7 heteroatoms. The van der Waals surface area contributed by atoms with Gasteiger partial charge in [0.15, 0.2) is 0 Å². The fourth-order valence-electron chi connectivity index (χ4n) is 3.14. The average Bonchev–Trinajstić information content (AvgIpc) is 2.71. The molecular weight excluding hydrogens is 373 g/mol. The van der Waals surface area contributed by atoms with Gasteiger partial charge in [-0.2, -0.15) is 5.10 Å². The first-order valence-corrected chi connectivity index (χ1v) is 9.46. The normalized spacial score (nSPS) is 11.2. The van der Waals surface area contributed by atoms with Crippen molar-refractivity contribution in [2.45, 2.75) is 32.7 Å². The molecule has 0 atom stereocenters. The Morgan fingerprint density at radius 2 is 2.00 bits per heavy atom. The Balaban J connectivity index is 1.95. The van der Waals surface area contributed by atoms with Crippen LogP contribution in [0, 0.1) is 5.82 Å². The van der Waals surface area contributed by atoms with Crippen LogP contribution >= 0.6 is 0 Å². The molecular formula is C22H22FN3O3. The van der Waals surface area contributed by atoms with Gasteiger partial charge in [0.1, 0.15) is 17.1 Å². The molecule has 2 aromatic carbocycles. The molecule has 1 aromatic heterocycles. The summed E-state index contributed by atoms with van der Waals surface area (Å²) >= 11 is 0. The van der Waals surface area contributed by atoms with Crippen molar-refractivity contribution in [3.8, 4) is 5.75 Å². The monoisotopic (exact) mass is 395 g/mol. The molecule has 2 N–H and O–H groups in total. The fraction of sp³-hybridized carbons (Fsp3) is 0.227. The predicted molar refractivity (Wildman–Crippen MR) is 111 cm³/mol. The van der Waals surface area contributed by atoms with E-state index in [4.69, 9.17) is 0 Å². The van der Waals surface area contributed by atoms with Crippen molar-refractivity contribution >= 4 is 23.0 Å². The summed E-state index contributed by atoms with van der Waals surface area (Å²) in [7, 11) is 0. The maximum absolute atomic E-state index is 13.2. The summed E-state index contributed by atoms with van der Waals surface area (Å²) in [6, 6.07) is 12.6. The van der Waals surface area contributed by atoms with Crippen LogP contribution in [0.15, 0.2) is 58.4 Å². The smallest absolute Gasteiger partial charge is 0.280 e. The van der Waals surface area contributed by atoms with Gasteiger partial charge in [-0.05, 0) is 36.2 Å². The number of nitrogens with zero attached hydrogens (tertiary/aromatic N) is 2. The highest BCUT2D eigenvalue weighted by atomic mass is 19.1. The Labute approximate surface area is 167 Å². The zero-order chi connectivity index (χ0) is 20.8. The Morgan fingerprint density at radius 3 is 2.76 bits per heavy atom. The van der Waals surface area contributed by atoms with E-state index in [1.807, 2.05) is 0 Å². The number of carbonyl (C=O) groups excluding carboxylic acids is 1. The van der Waals surface area contributed by atoms with Gasteiger partial charge in [-0.3, -0.25) is 9.59 Å². The summed E-state index contributed by atoms with van der Waals surface area (Å²) < 4.78 is 14.7. The third-order valence-electron chi connectivity index (χ3n) is 4.59. The van der Waals surface area contributed by atoms with E-state index in [-0.39, 0.29) is 11.3 Å². The number of aromatic hydroxyl groups is 1. The van der Waals surface area contributed by atoms with Gasteiger partial charge < -0.3 is 9.67 Å². The molecule has 3 rings (SSSR count). The van der Waals surface area contributed by atoms with Crippen LogP contribution in [-0.2, 0) is 6.54 Å². The van der Waals surface area contributed by atoms with Gasteiger partial charge >= 0.3 is 0 Å². The minimum atomic E-state index is -0.824. The van der Waals surface area contributed by atoms with Crippen LogP contribution in [0.4, 0.5) is 4.39 Å². The molecule has 29 heavy (non-hydrogen) atoms. The van der Waals surface area contributed by atoms with E-state index < -0.39 is 17.3 Å². The molecule has 0 aliphatic carbocycles. The number of hydrazone groups is 1. The standard InChI is InChI=1S/C22H22FN3O3/c1-2-3-6-12-26-18-11-5-4-10-17(18)20(27)19(22(26)29)21(28)25-24-14-15-8-7-9-16(23)13-15/h4-5,7-11,13-14,27H,2-3,6,12H2,1H3,(H,25,28)/b24-14-. The van der Waals surface area contributed by atoms with Gasteiger partial charge in [-0.1, -0.05) is 44.0 Å². The largest absolute Gasteiger partial charge is 0.506 e. The number of pyridine rings is 1. The lowest BCUT2D eigenvalue weighted by Gasteiger charge is -2.14. The van der Waals surface area contributed by atoms with Crippen LogP contribution < -0.4 is 11.0 Å². The van der Waals surface area contributed by atoms with Crippen molar-refractivity contribution in [1.29, 1.82) is 0 Å². The lowest BCUT2D eigenvalue weighted by Crippen LogP contribution is -2.31. The number of para-hydroxylation sites is 1. The zero-order valence-corrected chi connectivity index (χ0v) is 16.1. The molecule has 0 aliphatic heterocycles. The van der Waals surface area contributed by atoms with Crippen LogP contribution in [0.5, 0.6) is 5.75 Å². The van der Waals surface area contributed by atoms with Gasteiger partial charge in [0.05, 0.1) is 11.7 Å². The molecule has 0 fully saturated rings. The average molecular weight is 395 g/mol. The Kier molecular flexibility index (Phi) is 6.39. The number of benzene rings is 2. The van der Waals surface area contributed by atoms with Crippen molar-refractivity contribution in [2.24, 2.45) is 5.10 Å². The number of fused-ring (bicyclic) bond motifs is 1. The molecule has 0 saturated carbocycles. The second-order valence-corrected chi connectivity index (χ2v) is 6.66. The van der Waals surface area contributed by atoms with Crippen LogP contribution in [0.2, 0.25) is 0 Å². The number of carbonyl (C=O) groups is 1. The van der Waals surface area contributed by atoms with Gasteiger partial charge in [0, 0.05) is 11.9 Å². The quantitative estimate of drug-likeness (QED) is 0.363. The summed E-state index contributed by atoms with van der Waals surface area (Å²) in [6.45, 7) is 2.51. The second-order valence-electron chi connectivity index (χ2n) is 6.66. The maximum Gasteiger partial charge on any atom is 0.280 e. The number of hydrogen-bond acceptors (Lipinski definition) is 4. The van der Waals surface area contributed by atoms with Crippen molar-refractivity contribution < 1.29 is 14.3 Å². The van der Waals surface area contributed by atoms with Crippen molar-refractivity contribution in [2.75, 3.05) is 0 Å². The highest BCUT2D eigenvalue weighted by Crippen LogP contribution is 2.26. The Hall–Kier alpha value is -3.48. The molecule has 0 bridgehead atoms. The van der Waals surface area contributed by atoms with Crippen LogP contribution in [0.25, 0.3) is 10.9 Å². The first-order chi connectivity index (χ1) is 14.0. The highest BCUT2D eigenvalue weighted by molar-refractivity contribution is 6.02. The topological polar surface area (TPSA) is 83.7 Å². The molecule has 1 heterocycles. The minimum Gasteiger partial charge on any atom is -0.506 e. The van der Waals surface area contributed by atoms with Gasteiger partial charge in [-0.25, -0.2) is 9.82 Å². The molecule has 0 radical (unpaired) electrons. The lowest BCUT2D eigenvalue weighted by atomic mass is 10.1. The number of aromatic nitrogens is 1. The van der Waals surface area contributed by atoms with Crippen molar-refractivity contribution in [1.82, 2.24) is 9.99 Å². The summed E-state index contributed by atoms with van der Waals surface area (Å²) in [5, 5.41) is 14.8. The predicted octanol–water partition coefficient (Wildman–Crippen LogP) is 3.80. The molecule has 6 nitrogen and oxygen atoms in total. The van der Waals surface area contributed by atoms with E-state index >= 15 is 0 Å². The molecule has 0 unspecified atom stereocenters. The first-order valence-electron chi connectivity index (χ1n) is 9.46. The molecule has 1 amide bonds. The van der Waals surface area contributed by atoms with E-state index in [9.17, 15) is 19.1 Å². The SMILES string of the molecule is CCCCCn1c(=O)c(C(=O)N/N=C\c2cccc(F)c2)c(O)c2ccccc21. The Morgan fingerprint density at radius 1 is 1.21 bits per heavy atom. The summed E-state index contributed by atoms with van der Waals surface area (Å²) in [5.74, 6) is -1.63. The Bertz CT molecular complexity index is 1120. The highest BCUT2D eigenvalue weighted by Gasteiger charge is 2.21. The van der Waals surface area contributed by atoms with E-state index in [2.05, 4.69) is 17.5 Å². The fourth-order valence-corrected chi connectivity index (χ4v) is 3.14. The number of unbranched alkanes of at least 4 members (excludes halogenated alkanes) is 2. The molecule has 0 spiro atoms. The maximum atomic E-state index is 13.2. The number of rotatable bonds is 7. The lowest BCUT2D eigenvalue weighted by molar-refractivity contribution is 0.0950. The molecule has 0 aliphatic rings. The summed E-state index contributed by atoms with van der Waals surface area (Å²) in [4.78, 5) is 25.6. The first kappa shape index (κ1) is 20.3. The summed E-state index contributed by atoms with van der Waals surface area (Å²) in [5.41, 5.74) is 2.33. The minimum absolute atomic E-state index is 0.364. The number of amides is 1. The number of aryl methyl sites for hydroxylation is 1. The molecule has 150 valence electrons. The van der Waals surface area contributed by atoms with Crippen LogP contribution in [0.1, 0.15) is 42.1 Å². The van der Waals surface area contributed by atoms with Crippen LogP contribution in [0.3, 0.4) is 0 Å². The van der Waals surface area contributed by atoms with Gasteiger partial charge in [0.25, 0.3) is 11.5 Å². The van der Waals surface area contributed by atoms with E-state index in [1.165, 1.54) is 29.0 Å². The van der Waals surface area contributed by atoms with Gasteiger partial charge in [0.2, 0.25) is 0 Å². The van der Waals surface area contributed by atoms with E-state index in [0.29, 0.717) is 23.0 Å². The third-order valence-corrected chi connectivity index (χ3v) is 4.59. The second kappa shape index (κ2) is 9.14.